The predicted octanol–water partition coefficient (Wildman–Crippen LogP) is 1.13. The molecule has 2 aromatic rings. The molecule has 0 unspecified atom stereocenters. The van der Waals surface area contributed by atoms with E-state index in [0.717, 1.165) is 15.4 Å². The lowest BCUT2D eigenvalue weighted by Gasteiger charge is -2.11. The van der Waals surface area contributed by atoms with Crippen molar-refractivity contribution in [2.75, 3.05) is 20.6 Å². The predicted molar refractivity (Wildman–Crippen MR) is 107 cm³/mol. The summed E-state index contributed by atoms with van der Waals surface area (Å²) in [6.45, 7) is 1.71. The van der Waals surface area contributed by atoms with Crippen LogP contribution >= 0.6 is 0 Å². The summed E-state index contributed by atoms with van der Waals surface area (Å²) in [5, 5.41) is 6.28. The third-order valence-electron chi connectivity index (χ3n) is 3.78. The van der Waals surface area contributed by atoms with E-state index in [-0.39, 0.29) is 17.0 Å². The van der Waals surface area contributed by atoms with Gasteiger partial charge in [0.25, 0.3) is 11.8 Å². The second kappa shape index (κ2) is 9.25. The van der Waals surface area contributed by atoms with Crippen molar-refractivity contribution in [1.82, 2.24) is 15.0 Å². The van der Waals surface area contributed by atoms with Gasteiger partial charge in [0.1, 0.15) is 0 Å². The number of nitrogens with one attached hydrogen (secondary N) is 2. The van der Waals surface area contributed by atoms with E-state index in [0.29, 0.717) is 0 Å². The van der Waals surface area contributed by atoms with Crippen molar-refractivity contribution < 1.29 is 18.0 Å². The number of benzene rings is 2. The Bertz CT molecular complexity index is 966. The number of nitrogens with zero attached hydrogens (tertiary/aromatic N) is 2. The molecule has 0 atom stereocenters. The summed E-state index contributed by atoms with van der Waals surface area (Å²) in [5.41, 5.74) is 4.53. The van der Waals surface area contributed by atoms with Gasteiger partial charge in [0.15, 0.2) is 0 Å². The van der Waals surface area contributed by atoms with E-state index in [2.05, 4.69) is 15.8 Å². The fourth-order valence-corrected chi connectivity index (χ4v) is 3.02. The van der Waals surface area contributed by atoms with Gasteiger partial charge in [-0.15, -0.1) is 0 Å². The van der Waals surface area contributed by atoms with Crippen molar-refractivity contribution in [2.45, 2.75) is 11.8 Å². The number of hydrogen-bond acceptors (Lipinski definition) is 5. The first-order chi connectivity index (χ1) is 13.2. The van der Waals surface area contributed by atoms with Crippen molar-refractivity contribution >= 4 is 28.1 Å². The Kier molecular flexibility index (Phi) is 7.02. The van der Waals surface area contributed by atoms with Crippen LogP contribution in [-0.2, 0) is 14.8 Å². The zero-order chi connectivity index (χ0) is 20.7. The number of carbonyl (C=O) groups is 2. The van der Waals surface area contributed by atoms with Crippen LogP contribution in [-0.4, -0.2) is 51.4 Å². The minimum atomic E-state index is -3.56. The fourth-order valence-electron chi connectivity index (χ4n) is 2.12. The summed E-state index contributed by atoms with van der Waals surface area (Å²) in [4.78, 5) is 23.9. The third-order valence-corrected chi connectivity index (χ3v) is 5.61. The zero-order valence-electron chi connectivity index (χ0n) is 15.8. The van der Waals surface area contributed by atoms with Crippen molar-refractivity contribution in [3.05, 3.63) is 65.2 Å². The van der Waals surface area contributed by atoms with Gasteiger partial charge >= 0.3 is 0 Å². The van der Waals surface area contributed by atoms with Crippen LogP contribution < -0.4 is 10.7 Å². The highest BCUT2D eigenvalue weighted by Gasteiger charge is 2.17. The summed E-state index contributed by atoms with van der Waals surface area (Å²) in [6, 6.07) is 13.1. The van der Waals surface area contributed by atoms with Gasteiger partial charge < -0.3 is 5.32 Å². The Morgan fingerprint density at radius 1 is 1.04 bits per heavy atom. The maximum absolute atomic E-state index is 12.1. The topological polar surface area (TPSA) is 108 Å². The van der Waals surface area contributed by atoms with Gasteiger partial charge in [-0.05, 0) is 36.8 Å². The minimum absolute atomic E-state index is 0.0808. The molecule has 0 aliphatic carbocycles. The Morgan fingerprint density at radius 2 is 1.64 bits per heavy atom. The lowest BCUT2D eigenvalue weighted by molar-refractivity contribution is -0.120. The summed E-state index contributed by atoms with van der Waals surface area (Å²) in [5.74, 6) is -0.977. The van der Waals surface area contributed by atoms with Gasteiger partial charge in [0, 0.05) is 19.7 Å². The molecule has 148 valence electrons. The van der Waals surface area contributed by atoms with Gasteiger partial charge in [0.05, 0.1) is 17.7 Å². The quantitative estimate of drug-likeness (QED) is 0.534. The summed E-state index contributed by atoms with van der Waals surface area (Å²) in [6.07, 6.45) is 1.50. The lowest BCUT2D eigenvalue weighted by atomic mass is 10.2. The molecule has 2 rings (SSSR count). The molecular weight excluding hydrogens is 380 g/mol. The Hall–Kier alpha value is -3.04. The highest BCUT2D eigenvalue weighted by atomic mass is 32.2. The van der Waals surface area contributed by atoms with Crippen LogP contribution in [0.2, 0.25) is 0 Å². The number of carbonyl (C=O) groups excluding carboxylic acids is 2. The van der Waals surface area contributed by atoms with Crippen molar-refractivity contribution in [2.24, 2.45) is 5.10 Å². The molecule has 8 nitrogen and oxygen atoms in total. The van der Waals surface area contributed by atoms with Gasteiger partial charge in [0.2, 0.25) is 10.0 Å². The molecule has 9 heteroatoms. The molecule has 0 heterocycles. The Morgan fingerprint density at radius 3 is 2.21 bits per heavy atom. The van der Waals surface area contributed by atoms with E-state index < -0.39 is 21.8 Å². The summed E-state index contributed by atoms with van der Waals surface area (Å²) < 4.78 is 25.1. The Labute approximate surface area is 164 Å². The monoisotopic (exact) mass is 402 g/mol. The van der Waals surface area contributed by atoms with Gasteiger partial charge in [-0.3, -0.25) is 9.59 Å². The van der Waals surface area contributed by atoms with E-state index in [4.69, 9.17) is 0 Å². The van der Waals surface area contributed by atoms with Crippen LogP contribution in [0.4, 0.5) is 0 Å². The van der Waals surface area contributed by atoms with Gasteiger partial charge in [-0.2, -0.15) is 5.10 Å². The highest BCUT2D eigenvalue weighted by Crippen LogP contribution is 2.13. The second-order valence-corrected chi connectivity index (χ2v) is 8.35. The highest BCUT2D eigenvalue weighted by molar-refractivity contribution is 7.89. The maximum Gasteiger partial charge on any atom is 0.259 e. The van der Waals surface area contributed by atoms with Crippen LogP contribution in [0.1, 0.15) is 21.5 Å². The lowest BCUT2D eigenvalue weighted by Crippen LogP contribution is -2.34. The van der Waals surface area contributed by atoms with Crippen LogP contribution in [0.15, 0.2) is 58.5 Å². The average Bonchev–Trinajstić information content (AvgIpc) is 2.67. The van der Waals surface area contributed by atoms with E-state index in [1.807, 2.05) is 31.2 Å². The molecule has 2 aromatic carbocycles. The number of hydrazone groups is 1. The number of aryl methyl sites for hydroxylation is 1. The second-order valence-electron chi connectivity index (χ2n) is 6.20. The minimum Gasteiger partial charge on any atom is -0.343 e. The number of hydrogen-bond donors (Lipinski definition) is 2. The van der Waals surface area contributed by atoms with Crippen LogP contribution in [0, 0.1) is 6.92 Å². The smallest absolute Gasteiger partial charge is 0.259 e. The number of rotatable bonds is 7. The molecule has 0 fully saturated rings. The fraction of sp³-hybridized carbons (Fsp3) is 0.211. The largest absolute Gasteiger partial charge is 0.343 e. The van der Waals surface area contributed by atoms with Crippen LogP contribution in [0.3, 0.4) is 0 Å². The molecule has 0 aliphatic heterocycles. The van der Waals surface area contributed by atoms with E-state index in [1.54, 1.807) is 0 Å². The standard InChI is InChI=1S/C19H22N4O4S/c1-14-4-6-15(7-5-14)12-21-22-18(24)13-20-19(25)16-8-10-17(11-9-16)28(26,27)23(2)3/h4-12H,13H2,1-3H3,(H,20,25)(H,22,24)/b21-12-. The maximum atomic E-state index is 12.1. The number of sulfonamides is 1. The summed E-state index contributed by atoms with van der Waals surface area (Å²) >= 11 is 0. The Balaban J connectivity index is 1.86. The van der Waals surface area contributed by atoms with Crippen molar-refractivity contribution in [3.63, 3.8) is 0 Å². The molecule has 0 radical (unpaired) electrons. The molecule has 28 heavy (non-hydrogen) atoms. The van der Waals surface area contributed by atoms with E-state index in [1.165, 1.54) is 44.6 Å². The zero-order valence-corrected chi connectivity index (χ0v) is 16.7. The summed E-state index contributed by atoms with van der Waals surface area (Å²) in [7, 11) is -0.706. The molecule has 0 saturated heterocycles. The molecular formula is C19H22N4O4S. The molecule has 0 aliphatic rings. The van der Waals surface area contributed by atoms with E-state index in [9.17, 15) is 18.0 Å². The molecule has 0 aromatic heterocycles. The molecule has 0 saturated carbocycles. The normalized spacial score (nSPS) is 11.6. The SMILES string of the molecule is Cc1ccc(/C=N\NC(=O)CNC(=O)c2ccc(S(=O)(=O)N(C)C)cc2)cc1. The third kappa shape index (κ3) is 5.73. The van der Waals surface area contributed by atoms with Crippen molar-refractivity contribution in [1.29, 1.82) is 0 Å². The molecule has 2 N–H and O–H groups in total. The van der Waals surface area contributed by atoms with Gasteiger partial charge in [-0.1, -0.05) is 29.8 Å². The van der Waals surface area contributed by atoms with Gasteiger partial charge in [-0.25, -0.2) is 18.1 Å². The molecule has 0 bridgehead atoms. The average molecular weight is 402 g/mol. The van der Waals surface area contributed by atoms with Crippen LogP contribution in [0.25, 0.3) is 0 Å². The molecule has 2 amide bonds. The first kappa shape index (κ1) is 21.3. The molecule has 0 spiro atoms. The first-order valence-electron chi connectivity index (χ1n) is 8.39. The van der Waals surface area contributed by atoms with E-state index >= 15 is 0 Å². The van der Waals surface area contributed by atoms with Crippen molar-refractivity contribution in [3.8, 4) is 0 Å². The first-order valence-corrected chi connectivity index (χ1v) is 9.83. The van der Waals surface area contributed by atoms with Crippen LogP contribution in [0.5, 0.6) is 0 Å². The number of amides is 2.